The molecule has 0 aliphatic carbocycles. The largest absolute Gasteiger partial charge is 0.477 e. The van der Waals surface area contributed by atoms with E-state index in [9.17, 15) is 0 Å². The van der Waals surface area contributed by atoms with Crippen molar-refractivity contribution < 1.29 is 4.74 Å². The van der Waals surface area contributed by atoms with Crippen LogP contribution in [-0.4, -0.2) is 23.1 Å². The minimum absolute atomic E-state index is 0.598. The Kier molecular flexibility index (Phi) is 5.04. The van der Waals surface area contributed by atoms with E-state index >= 15 is 0 Å². The van der Waals surface area contributed by atoms with Crippen molar-refractivity contribution in [2.24, 2.45) is 5.92 Å². The number of nitrogens with one attached hydrogen (secondary N) is 1. The van der Waals surface area contributed by atoms with E-state index in [1.54, 1.807) is 12.4 Å². The van der Waals surface area contributed by atoms with E-state index in [1.165, 1.54) is 0 Å². The summed E-state index contributed by atoms with van der Waals surface area (Å²) in [6.07, 6.45) is 3.39. The Labute approximate surface area is 91.1 Å². The normalized spacial score (nSPS) is 10.7. The molecule has 1 N–H and O–H groups in total. The van der Waals surface area contributed by atoms with Gasteiger partial charge in [0.05, 0.1) is 18.5 Å². The van der Waals surface area contributed by atoms with Crippen LogP contribution in [0.15, 0.2) is 12.4 Å². The van der Waals surface area contributed by atoms with E-state index in [4.69, 9.17) is 4.74 Å². The van der Waals surface area contributed by atoms with Gasteiger partial charge in [0.1, 0.15) is 0 Å². The third-order valence-electron chi connectivity index (χ3n) is 1.81. The van der Waals surface area contributed by atoms with Crippen molar-refractivity contribution in [1.29, 1.82) is 0 Å². The smallest absolute Gasteiger partial charge is 0.232 e. The first-order chi connectivity index (χ1) is 7.22. The lowest BCUT2D eigenvalue weighted by molar-refractivity contribution is 0.323. The van der Waals surface area contributed by atoms with Crippen LogP contribution < -0.4 is 10.1 Å². The molecule has 15 heavy (non-hydrogen) atoms. The van der Waals surface area contributed by atoms with E-state index < -0.39 is 0 Å². The maximum absolute atomic E-state index is 5.27. The minimum Gasteiger partial charge on any atom is -0.477 e. The Morgan fingerprint density at radius 1 is 1.40 bits per heavy atom. The first-order valence-electron chi connectivity index (χ1n) is 5.36. The molecule has 1 aromatic heterocycles. The second-order valence-corrected chi connectivity index (χ2v) is 3.81. The van der Waals surface area contributed by atoms with Gasteiger partial charge in [-0.3, -0.25) is 4.98 Å². The molecule has 0 bridgehead atoms. The molecule has 0 aliphatic rings. The Bertz CT molecular complexity index is 289. The molecule has 84 valence electrons. The van der Waals surface area contributed by atoms with E-state index in [0.29, 0.717) is 18.4 Å². The average molecular weight is 209 g/mol. The van der Waals surface area contributed by atoms with Gasteiger partial charge in [0.25, 0.3) is 0 Å². The third kappa shape index (κ3) is 4.74. The zero-order valence-corrected chi connectivity index (χ0v) is 9.66. The van der Waals surface area contributed by atoms with Crippen molar-refractivity contribution in [3.8, 4) is 5.88 Å². The van der Waals surface area contributed by atoms with Crippen LogP contribution in [0.3, 0.4) is 0 Å². The number of hydrogen-bond acceptors (Lipinski definition) is 4. The Morgan fingerprint density at radius 3 is 2.87 bits per heavy atom. The number of aromatic nitrogens is 2. The lowest BCUT2D eigenvalue weighted by Gasteiger charge is -2.07. The van der Waals surface area contributed by atoms with Crippen molar-refractivity contribution in [2.45, 2.75) is 27.3 Å². The highest BCUT2D eigenvalue weighted by Crippen LogP contribution is 2.04. The summed E-state index contributed by atoms with van der Waals surface area (Å²) in [5, 5.41) is 3.31. The maximum Gasteiger partial charge on any atom is 0.232 e. The van der Waals surface area contributed by atoms with Gasteiger partial charge in [-0.15, -0.1) is 0 Å². The average Bonchev–Trinajstić information content (AvgIpc) is 2.18. The highest BCUT2D eigenvalue weighted by molar-refractivity contribution is 5.08. The molecule has 0 aromatic carbocycles. The van der Waals surface area contributed by atoms with Crippen LogP contribution in [0.2, 0.25) is 0 Å². The standard InChI is InChI=1S/C11H19N3O/c1-4-15-11-8-13-7-10(14-11)6-12-5-9(2)3/h7-9,12H,4-6H2,1-3H3. The summed E-state index contributed by atoms with van der Waals surface area (Å²) in [5.74, 6) is 1.24. The molecule has 4 heteroatoms. The highest BCUT2D eigenvalue weighted by atomic mass is 16.5. The lowest BCUT2D eigenvalue weighted by atomic mass is 10.2. The first-order valence-corrected chi connectivity index (χ1v) is 5.36. The minimum atomic E-state index is 0.598. The van der Waals surface area contributed by atoms with Gasteiger partial charge in [-0.1, -0.05) is 13.8 Å². The molecular weight excluding hydrogens is 190 g/mol. The van der Waals surface area contributed by atoms with Gasteiger partial charge in [-0.25, -0.2) is 4.98 Å². The van der Waals surface area contributed by atoms with Crippen LogP contribution >= 0.6 is 0 Å². The molecule has 0 spiro atoms. The van der Waals surface area contributed by atoms with E-state index in [0.717, 1.165) is 18.8 Å². The van der Waals surface area contributed by atoms with Crippen molar-refractivity contribution >= 4 is 0 Å². The molecule has 0 saturated carbocycles. The molecule has 1 rings (SSSR count). The predicted molar refractivity (Wildman–Crippen MR) is 59.7 cm³/mol. The number of nitrogens with zero attached hydrogens (tertiary/aromatic N) is 2. The molecule has 4 nitrogen and oxygen atoms in total. The van der Waals surface area contributed by atoms with Gasteiger partial charge in [-0.2, -0.15) is 0 Å². The van der Waals surface area contributed by atoms with Crippen LogP contribution in [0.4, 0.5) is 0 Å². The summed E-state index contributed by atoms with van der Waals surface area (Å²) in [5.41, 5.74) is 0.918. The van der Waals surface area contributed by atoms with Crippen molar-refractivity contribution in [2.75, 3.05) is 13.2 Å². The first kappa shape index (κ1) is 11.9. The topological polar surface area (TPSA) is 47.0 Å². The molecule has 0 radical (unpaired) electrons. The fourth-order valence-corrected chi connectivity index (χ4v) is 1.18. The molecule has 0 atom stereocenters. The third-order valence-corrected chi connectivity index (χ3v) is 1.81. The second-order valence-electron chi connectivity index (χ2n) is 3.81. The summed E-state index contributed by atoms with van der Waals surface area (Å²) < 4.78 is 5.27. The number of hydrogen-bond donors (Lipinski definition) is 1. The van der Waals surface area contributed by atoms with Gasteiger partial charge in [0, 0.05) is 12.7 Å². The van der Waals surface area contributed by atoms with Crippen LogP contribution in [0.5, 0.6) is 5.88 Å². The zero-order chi connectivity index (χ0) is 11.1. The van der Waals surface area contributed by atoms with Gasteiger partial charge < -0.3 is 10.1 Å². The maximum atomic E-state index is 5.27. The van der Waals surface area contributed by atoms with Crippen molar-refractivity contribution in [3.63, 3.8) is 0 Å². The van der Waals surface area contributed by atoms with Crippen LogP contribution in [0.1, 0.15) is 26.5 Å². The quantitative estimate of drug-likeness (QED) is 0.773. The Morgan fingerprint density at radius 2 is 2.20 bits per heavy atom. The zero-order valence-electron chi connectivity index (χ0n) is 9.66. The van der Waals surface area contributed by atoms with E-state index in [1.807, 2.05) is 6.92 Å². The Hall–Kier alpha value is -1.16. The van der Waals surface area contributed by atoms with Crippen LogP contribution in [0, 0.1) is 5.92 Å². The summed E-state index contributed by atoms with van der Waals surface area (Å²) >= 11 is 0. The molecule has 0 aliphatic heterocycles. The summed E-state index contributed by atoms with van der Waals surface area (Å²) in [6, 6.07) is 0. The fourth-order valence-electron chi connectivity index (χ4n) is 1.18. The summed E-state index contributed by atoms with van der Waals surface area (Å²) in [6.45, 7) is 8.64. The van der Waals surface area contributed by atoms with Gasteiger partial charge in [-0.05, 0) is 19.4 Å². The van der Waals surface area contributed by atoms with Gasteiger partial charge in [0.2, 0.25) is 5.88 Å². The van der Waals surface area contributed by atoms with E-state index in [-0.39, 0.29) is 0 Å². The van der Waals surface area contributed by atoms with E-state index in [2.05, 4.69) is 29.1 Å². The molecular formula is C11H19N3O. The van der Waals surface area contributed by atoms with Gasteiger partial charge in [0.15, 0.2) is 0 Å². The fraction of sp³-hybridized carbons (Fsp3) is 0.636. The SMILES string of the molecule is CCOc1cncc(CNCC(C)C)n1. The highest BCUT2D eigenvalue weighted by Gasteiger charge is 1.99. The molecule has 0 unspecified atom stereocenters. The molecule has 1 aromatic rings. The molecule has 0 amide bonds. The number of rotatable bonds is 6. The Balaban J connectivity index is 2.43. The summed E-state index contributed by atoms with van der Waals surface area (Å²) in [7, 11) is 0. The van der Waals surface area contributed by atoms with Crippen LogP contribution in [0.25, 0.3) is 0 Å². The predicted octanol–water partition coefficient (Wildman–Crippen LogP) is 1.62. The molecule has 0 saturated heterocycles. The monoisotopic (exact) mass is 209 g/mol. The lowest BCUT2D eigenvalue weighted by Crippen LogP contribution is -2.19. The van der Waals surface area contributed by atoms with Crippen molar-refractivity contribution in [1.82, 2.24) is 15.3 Å². The second kappa shape index (κ2) is 6.35. The number of ether oxygens (including phenoxy) is 1. The van der Waals surface area contributed by atoms with Crippen molar-refractivity contribution in [3.05, 3.63) is 18.1 Å². The molecule has 1 heterocycles. The van der Waals surface area contributed by atoms with Crippen LogP contribution in [-0.2, 0) is 6.54 Å². The molecule has 0 fully saturated rings. The summed E-state index contributed by atoms with van der Waals surface area (Å²) in [4.78, 5) is 8.39. The van der Waals surface area contributed by atoms with Gasteiger partial charge >= 0.3 is 0 Å².